The zero-order valence-corrected chi connectivity index (χ0v) is 16.4. The maximum absolute atomic E-state index is 12.9. The molecule has 1 amide bonds. The van der Waals surface area contributed by atoms with Gasteiger partial charge in [0.1, 0.15) is 5.76 Å². The van der Waals surface area contributed by atoms with Gasteiger partial charge in [0.15, 0.2) is 5.76 Å². The van der Waals surface area contributed by atoms with Crippen LogP contribution in [0.3, 0.4) is 0 Å². The molecule has 148 valence electrons. The van der Waals surface area contributed by atoms with Gasteiger partial charge in [-0.05, 0) is 54.8 Å². The lowest BCUT2D eigenvalue weighted by Crippen LogP contribution is -2.49. The third-order valence-corrected chi connectivity index (χ3v) is 5.84. The number of carboxylic acids is 1. The predicted octanol–water partition coefficient (Wildman–Crippen LogP) is 4.86. The second kappa shape index (κ2) is 7.76. The summed E-state index contributed by atoms with van der Waals surface area (Å²) in [5.74, 6) is -0.236. The van der Waals surface area contributed by atoms with E-state index in [9.17, 15) is 14.7 Å². The van der Waals surface area contributed by atoms with E-state index >= 15 is 0 Å². The molecule has 0 bridgehead atoms. The minimum Gasteiger partial charge on any atom is -0.481 e. The van der Waals surface area contributed by atoms with Crippen molar-refractivity contribution in [3.63, 3.8) is 0 Å². The third kappa shape index (κ3) is 3.66. The molecule has 1 N–H and O–H groups in total. The summed E-state index contributed by atoms with van der Waals surface area (Å²) in [6.07, 6.45) is 0.728. The van der Waals surface area contributed by atoms with E-state index in [-0.39, 0.29) is 11.7 Å². The number of aliphatic carboxylic acids is 1. The molecule has 4 rings (SSSR count). The van der Waals surface area contributed by atoms with Crippen LogP contribution in [0.25, 0.3) is 11.3 Å². The number of furan rings is 1. The Morgan fingerprint density at radius 1 is 0.931 bits per heavy atom. The molecule has 5 nitrogen and oxygen atoms in total. The van der Waals surface area contributed by atoms with E-state index in [2.05, 4.69) is 0 Å². The van der Waals surface area contributed by atoms with Crippen LogP contribution in [0.5, 0.6) is 0 Å². The number of hydrogen-bond donors (Lipinski definition) is 1. The van der Waals surface area contributed by atoms with Gasteiger partial charge in [-0.25, -0.2) is 0 Å². The Morgan fingerprint density at radius 2 is 1.59 bits per heavy atom. The van der Waals surface area contributed by atoms with Crippen molar-refractivity contribution in [3.05, 3.63) is 83.1 Å². The number of carboxylic acid groups (broad SMARTS) is 1. The maximum Gasteiger partial charge on any atom is 0.314 e. The van der Waals surface area contributed by atoms with Crippen molar-refractivity contribution >= 4 is 23.5 Å². The summed E-state index contributed by atoms with van der Waals surface area (Å²) >= 11 is 5.91. The van der Waals surface area contributed by atoms with E-state index in [0.29, 0.717) is 36.7 Å². The van der Waals surface area contributed by atoms with E-state index in [1.165, 1.54) is 0 Å². The lowest BCUT2D eigenvalue weighted by atomic mass is 9.73. The average molecular weight is 410 g/mol. The molecule has 6 heteroatoms. The van der Waals surface area contributed by atoms with E-state index in [0.717, 1.165) is 11.1 Å². The Bertz CT molecular complexity index is 1020. The van der Waals surface area contributed by atoms with Gasteiger partial charge < -0.3 is 14.4 Å². The number of carbonyl (C=O) groups excluding carboxylic acids is 1. The van der Waals surface area contributed by atoms with Gasteiger partial charge >= 0.3 is 5.97 Å². The number of benzene rings is 2. The lowest BCUT2D eigenvalue weighted by molar-refractivity contribution is -0.145. The Kier molecular flexibility index (Phi) is 5.16. The molecular weight excluding hydrogens is 390 g/mol. The molecule has 1 fully saturated rings. The molecule has 3 aromatic rings. The number of piperidine rings is 1. The first-order valence-electron chi connectivity index (χ1n) is 9.43. The van der Waals surface area contributed by atoms with E-state index in [1.807, 2.05) is 42.5 Å². The van der Waals surface area contributed by atoms with Crippen LogP contribution in [0, 0.1) is 0 Å². The highest BCUT2D eigenvalue weighted by molar-refractivity contribution is 6.30. The largest absolute Gasteiger partial charge is 0.481 e. The molecule has 0 atom stereocenters. The topological polar surface area (TPSA) is 70.8 Å². The first kappa shape index (κ1) is 19.3. The van der Waals surface area contributed by atoms with Crippen molar-refractivity contribution in [2.75, 3.05) is 13.1 Å². The van der Waals surface area contributed by atoms with Crippen LogP contribution >= 0.6 is 11.6 Å². The minimum atomic E-state index is -0.963. The van der Waals surface area contributed by atoms with Crippen molar-refractivity contribution in [1.82, 2.24) is 4.90 Å². The Balaban J connectivity index is 1.49. The van der Waals surface area contributed by atoms with Crippen molar-refractivity contribution in [2.24, 2.45) is 0 Å². The number of likely N-dealkylation sites (tertiary alicyclic amines) is 1. The molecule has 1 aliphatic heterocycles. The second-order valence-electron chi connectivity index (χ2n) is 7.22. The van der Waals surface area contributed by atoms with Gasteiger partial charge in [-0.2, -0.15) is 0 Å². The van der Waals surface area contributed by atoms with Crippen LogP contribution in [0.15, 0.2) is 71.1 Å². The van der Waals surface area contributed by atoms with Crippen LogP contribution in [-0.4, -0.2) is 35.0 Å². The van der Waals surface area contributed by atoms with Gasteiger partial charge in [0.2, 0.25) is 0 Å². The van der Waals surface area contributed by atoms with Gasteiger partial charge in [-0.15, -0.1) is 0 Å². The Hall–Kier alpha value is -3.05. The van der Waals surface area contributed by atoms with Gasteiger partial charge in [-0.3, -0.25) is 9.59 Å². The summed E-state index contributed by atoms with van der Waals surface area (Å²) in [7, 11) is 0. The minimum absolute atomic E-state index is 0.225. The molecule has 0 saturated carbocycles. The third-order valence-electron chi connectivity index (χ3n) is 5.59. The quantitative estimate of drug-likeness (QED) is 0.668. The second-order valence-corrected chi connectivity index (χ2v) is 7.65. The molecule has 1 aromatic heterocycles. The van der Waals surface area contributed by atoms with Crippen LogP contribution in [-0.2, 0) is 10.2 Å². The van der Waals surface area contributed by atoms with Crippen LogP contribution < -0.4 is 0 Å². The molecule has 1 saturated heterocycles. The van der Waals surface area contributed by atoms with Gasteiger partial charge in [0, 0.05) is 23.7 Å². The van der Waals surface area contributed by atoms with Crippen LogP contribution in [0.4, 0.5) is 0 Å². The monoisotopic (exact) mass is 409 g/mol. The fraction of sp³-hybridized carbons (Fsp3) is 0.217. The SMILES string of the molecule is O=C(c1ccc(-c2ccc(Cl)cc2)o1)N1CCC(C(=O)O)(c2ccccc2)CC1. The molecule has 2 heterocycles. The summed E-state index contributed by atoms with van der Waals surface area (Å²) in [6, 6.07) is 19.8. The molecular formula is C23H20ClNO4. The molecule has 0 spiro atoms. The summed E-state index contributed by atoms with van der Waals surface area (Å²) in [5, 5.41) is 10.5. The van der Waals surface area contributed by atoms with Gasteiger partial charge in [0.05, 0.1) is 5.41 Å². The molecule has 2 aromatic carbocycles. The normalized spacial score (nSPS) is 15.8. The summed E-state index contributed by atoms with van der Waals surface area (Å²) in [4.78, 5) is 26.6. The van der Waals surface area contributed by atoms with Crippen molar-refractivity contribution in [2.45, 2.75) is 18.3 Å². The van der Waals surface area contributed by atoms with Crippen LogP contribution in [0.1, 0.15) is 29.0 Å². The first-order valence-corrected chi connectivity index (χ1v) is 9.81. The highest BCUT2D eigenvalue weighted by Gasteiger charge is 2.44. The highest BCUT2D eigenvalue weighted by Crippen LogP contribution is 2.36. The molecule has 1 aliphatic rings. The Morgan fingerprint density at radius 3 is 2.21 bits per heavy atom. The smallest absolute Gasteiger partial charge is 0.314 e. The molecule has 0 radical (unpaired) electrons. The fourth-order valence-corrected chi connectivity index (χ4v) is 3.98. The molecule has 0 unspecified atom stereocenters. The first-order chi connectivity index (χ1) is 14.0. The lowest BCUT2D eigenvalue weighted by Gasteiger charge is -2.39. The number of nitrogens with zero attached hydrogens (tertiary/aromatic N) is 1. The van der Waals surface area contributed by atoms with E-state index in [4.69, 9.17) is 16.0 Å². The summed E-state index contributed by atoms with van der Waals surface area (Å²) < 4.78 is 5.76. The van der Waals surface area contributed by atoms with Crippen molar-refractivity contribution in [3.8, 4) is 11.3 Å². The van der Waals surface area contributed by atoms with Crippen molar-refractivity contribution in [1.29, 1.82) is 0 Å². The summed E-state index contributed by atoms with van der Waals surface area (Å²) in [6.45, 7) is 0.716. The predicted molar refractivity (Wildman–Crippen MR) is 110 cm³/mol. The summed E-state index contributed by atoms with van der Waals surface area (Å²) in [5.41, 5.74) is 0.652. The number of hydrogen-bond acceptors (Lipinski definition) is 3. The van der Waals surface area contributed by atoms with Gasteiger partial charge in [-0.1, -0.05) is 41.9 Å². The number of halogens is 1. The van der Waals surface area contributed by atoms with Crippen molar-refractivity contribution < 1.29 is 19.1 Å². The average Bonchev–Trinajstić information content (AvgIpc) is 3.24. The molecule has 0 aliphatic carbocycles. The van der Waals surface area contributed by atoms with E-state index < -0.39 is 11.4 Å². The van der Waals surface area contributed by atoms with Gasteiger partial charge in [0.25, 0.3) is 5.91 Å². The van der Waals surface area contributed by atoms with Crippen LogP contribution in [0.2, 0.25) is 5.02 Å². The number of amides is 1. The number of carbonyl (C=O) groups is 2. The zero-order valence-electron chi connectivity index (χ0n) is 15.7. The zero-order chi connectivity index (χ0) is 20.4. The Labute approximate surface area is 173 Å². The fourth-order valence-electron chi connectivity index (χ4n) is 3.85. The standard InChI is InChI=1S/C23H20ClNO4/c24-18-8-6-16(7-9-18)19-10-11-20(29-19)21(26)25-14-12-23(13-15-25,22(27)28)17-4-2-1-3-5-17/h1-11H,12-15H2,(H,27,28). The highest BCUT2D eigenvalue weighted by atomic mass is 35.5. The maximum atomic E-state index is 12.9. The molecule has 29 heavy (non-hydrogen) atoms. The van der Waals surface area contributed by atoms with E-state index in [1.54, 1.807) is 29.2 Å². The number of rotatable bonds is 4.